The van der Waals surface area contributed by atoms with Crippen molar-refractivity contribution >= 4 is 41.2 Å². The minimum absolute atomic E-state index is 0.0274. The second-order valence-corrected chi connectivity index (χ2v) is 18.4. The summed E-state index contributed by atoms with van der Waals surface area (Å²) < 4.78 is 0. The van der Waals surface area contributed by atoms with Gasteiger partial charge in [-0.2, -0.15) is 0 Å². The van der Waals surface area contributed by atoms with Crippen LogP contribution in [0, 0.1) is 11.8 Å². The van der Waals surface area contributed by atoms with Crippen molar-refractivity contribution in [2.24, 2.45) is 11.8 Å². The summed E-state index contributed by atoms with van der Waals surface area (Å²) in [7, 11) is 2.79. The number of hydrogen-bond donors (Lipinski definition) is 6. The van der Waals surface area contributed by atoms with Crippen LogP contribution in [0.2, 0.25) is 0 Å². The van der Waals surface area contributed by atoms with E-state index < -0.39 is 89.9 Å². The van der Waals surface area contributed by atoms with Gasteiger partial charge >= 0.3 is 5.97 Å². The van der Waals surface area contributed by atoms with Gasteiger partial charge < -0.3 is 40.9 Å². The van der Waals surface area contributed by atoms with E-state index in [1.807, 2.05) is 12.1 Å². The van der Waals surface area contributed by atoms with E-state index in [2.05, 4.69) is 41.8 Å². The molecule has 366 valence electrons. The molecular formula is C53H68N4O11. The molecule has 5 rings (SSSR count). The van der Waals surface area contributed by atoms with E-state index in [-0.39, 0.29) is 44.3 Å². The first-order valence-electron chi connectivity index (χ1n) is 23.8. The number of aliphatic hydroxyl groups excluding tert-OH is 3. The Labute approximate surface area is 399 Å². The molecule has 0 saturated heterocycles. The van der Waals surface area contributed by atoms with E-state index in [4.69, 9.17) is 0 Å². The molecule has 3 aliphatic rings. The quantitative estimate of drug-likeness (QED) is 0.0903. The van der Waals surface area contributed by atoms with Gasteiger partial charge in [0.2, 0.25) is 17.7 Å². The smallest absolute Gasteiger partial charge is 0.326 e. The third kappa shape index (κ3) is 13.7. The first-order valence-corrected chi connectivity index (χ1v) is 23.8. The summed E-state index contributed by atoms with van der Waals surface area (Å²) in [4.78, 5) is 96.0. The van der Waals surface area contributed by atoms with Crippen LogP contribution in [0.5, 0.6) is 0 Å². The summed E-state index contributed by atoms with van der Waals surface area (Å²) in [5, 5.41) is 47.2. The monoisotopic (exact) mass is 936 g/mol. The van der Waals surface area contributed by atoms with E-state index in [0.717, 1.165) is 28.9 Å². The van der Waals surface area contributed by atoms with Crippen LogP contribution < -0.4 is 10.6 Å². The number of aliphatic carboxylic acids is 1. The Morgan fingerprint density at radius 3 is 2.18 bits per heavy atom. The first-order chi connectivity index (χ1) is 32.4. The number of hydrogen-bond acceptors (Lipinski definition) is 10. The lowest BCUT2D eigenvalue weighted by Gasteiger charge is -2.36. The van der Waals surface area contributed by atoms with Crippen LogP contribution in [-0.4, -0.2) is 122 Å². The fourth-order valence-electron chi connectivity index (χ4n) is 9.06. The van der Waals surface area contributed by atoms with Gasteiger partial charge in [-0.25, -0.2) is 4.79 Å². The van der Waals surface area contributed by atoms with E-state index in [1.165, 1.54) is 76.6 Å². The molecule has 68 heavy (non-hydrogen) atoms. The third-order valence-corrected chi connectivity index (χ3v) is 13.4. The van der Waals surface area contributed by atoms with Gasteiger partial charge in [0.05, 0.1) is 24.8 Å². The average molecular weight is 937 g/mol. The van der Waals surface area contributed by atoms with E-state index in [9.17, 15) is 54.0 Å². The molecule has 7 atom stereocenters. The lowest BCUT2D eigenvalue weighted by molar-refractivity contribution is -0.143. The van der Waals surface area contributed by atoms with Gasteiger partial charge in [0.15, 0.2) is 11.6 Å². The predicted octanol–water partition coefficient (Wildman–Crippen LogP) is 5.94. The Morgan fingerprint density at radius 1 is 0.882 bits per heavy atom. The summed E-state index contributed by atoms with van der Waals surface area (Å²) in [6, 6.07) is 10.4. The number of benzene rings is 2. The van der Waals surface area contributed by atoms with Crippen LogP contribution >= 0.6 is 0 Å². The highest BCUT2D eigenvalue weighted by Crippen LogP contribution is 2.37. The van der Waals surface area contributed by atoms with Crippen molar-refractivity contribution in [2.45, 2.75) is 135 Å². The standard InChI is InChI=1S/C53H68N4O11/c1-6-7-8-9-10-11-12-34-13-16-36(17-14-34)37-18-20-38(21-19-37)52(66)56(4)43(31-58)51(65)54-33(3)44(59)25-26-48(63)57(5)49-39-22-24-46(61)41(30-39)40-28-35(15-23-45(40)60)29-42(53(67)68)55-50(64)32(2)27-47(49)62/h13-22,24,28,32-33,39,42-43,45,49,58,60-61H,6-12,23,25-27,29-31H2,1-5H3,(H,54,65)(H,55,64)(H,67,68)/t32-,33-,39+,42+,43-,45?,49+/m1/s1. The minimum Gasteiger partial charge on any atom is -0.508 e. The molecule has 4 bridgehead atoms. The molecule has 15 nitrogen and oxygen atoms in total. The second kappa shape index (κ2) is 24.7. The van der Waals surface area contributed by atoms with E-state index in [0.29, 0.717) is 22.3 Å². The summed E-state index contributed by atoms with van der Waals surface area (Å²) in [5.41, 5.74) is 4.69. The Hall–Kier alpha value is -6.19. The summed E-state index contributed by atoms with van der Waals surface area (Å²) in [6.45, 7) is 4.40. The van der Waals surface area contributed by atoms with Crippen LogP contribution in [0.4, 0.5) is 0 Å². The van der Waals surface area contributed by atoms with Crippen molar-refractivity contribution in [3.63, 3.8) is 0 Å². The molecule has 15 heteroatoms. The summed E-state index contributed by atoms with van der Waals surface area (Å²) in [6.07, 6.45) is 12.7. The maximum Gasteiger partial charge on any atom is 0.326 e. The maximum atomic E-state index is 14.1. The number of carboxylic acid groups (broad SMARTS) is 1. The highest BCUT2D eigenvalue weighted by atomic mass is 16.4. The van der Waals surface area contributed by atoms with Crippen LogP contribution in [0.3, 0.4) is 0 Å². The number of nitrogens with zero attached hydrogens (tertiary/aromatic N) is 2. The number of Topliss-reactive ketones (excluding diaryl/α,β-unsaturated/α-hetero) is 2. The number of fused-ring (bicyclic) bond motifs is 4. The fraction of sp³-hybridized carbons (Fsp3) is 0.491. The number of amides is 4. The van der Waals surface area contributed by atoms with Crippen molar-refractivity contribution in [2.75, 3.05) is 20.7 Å². The highest BCUT2D eigenvalue weighted by Gasteiger charge is 2.39. The van der Waals surface area contributed by atoms with Crippen molar-refractivity contribution in [3.05, 3.63) is 106 Å². The van der Waals surface area contributed by atoms with Gasteiger partial charge in [0, 0.05) is 62.8 Å². The predicted molar refractivity (Wildman–Crippen MR) is 257 cm³/mol. The number of nitrogens with one attached hydrogen (secondary N) is 2. The largest absolute Gasteiger partial charge is 0.508 e. The molecule has 2 aromatic carbocycles. The number of aliphatic hydroxyl groups is 3. The average Bonchev–Trinajstić information content (AvgIpc) is 3.32. The minimum atomic E-state index is -1.33. The lowest BCUT2D eigenvalue weighted by Crippen LogP contribution is -2.53. The van der Waals surface area contributed by atoms with Gasteiger partial charge in [-0.3, -0.25) is 28.8 Å². The first kappa shape index (κ1) is 52.8. The lowest BCUT2D eigenvalue weighted by atomic mass is 9.78. The molecule has 0 radical (unpaired) electrons. The topological polar surface area (TPSA) is 231 Å². The Bertz CT molecular complexity index is 2300. The van der Waals surface area contributed by atoms with Gasteiger partial charge in [-0.15, -0.1) is 0 Å². The molecule has 0 spiro atoms. The van der Waals surface area contributed by atoms with Gasteiger partial charge in [0.25, 0.3) is 5.91 Å². The van der Waals surface area contributed by atoms with Gasteiger partial charge in [-0.1, -0.05) is 101 Å². The van der Waals surface area contributed by atoms with Crippen LogP contribution in [0.1, 0.15) is 114 Å². The third-order valence-electron chi connectivity index (χ3n) is 13.4. The summed E-state index contributed by atoms with van der Waals surface area (Å²) in [5.74, 6) is -6.72. The van der Waals surface area contributed by atoms with Gasteiger partial charge in [0.1, 0.15) is 17.8 Å². The van der Waals surface area contributed by atoms with Crippen molar-refractivity contribution < 1.29 is 54.0 Å². The molecular weight excluding hydrogens is 869 g/mol. The molecule has 6 N–H and O–H groups in total. The molecule has 1 unspecified atom stereocenters. The number of aryl methyl sites for hydroxylation is 1. The Balaban J connectivity index is 1.19. The molecule has 0 aromatic heterocycles. The van der Waals surface area contributed by atoms with Crippen LogP contribution in [0.15, 0.2) is 95.3 Å². The Morgan fingerprint density at radius 2 is 1.53 bits per heavy atom. The molecule has 4 amide bonds. The maximum absolute atomic E-state index is 14.1. The molecule has 1 heterocycles. The fourth-order valence-corrected chi connectivity index (χ4v) is 9.06. The van der Waals surface area contributed by atoms with Crippen LogP contribution in [0.25, 0.3) is 11.1 Å². The zero-order valence-electron chi connectivity index (χ0n) is 39.9. The molecule has 0 fully saturated rings. The van der Waals surface area contributed by atoms with E-state index >= 15 is 0 Å². The number of likely N-dealkylation sites (N-methyl/N-ethyl adjacent to an activating group) is 2. The zero-order chi connectivity index (χ0) is 49.7. The SMILES string of the molecule is CCCCCCCCc1ccc(-c2ccc(C(=O)N(C)[C@H](CO)C(=O)N[C@H](C)C(=O)CCC(=O)N(C)[C@@H]3C(=O)C[C@@H](C)C(=O)N[C@H](C(=O)O)CC4=CCC(O)C(=C4)C4=C(O)C=C[C@H]3C4)cc2)cc1. The number of carbonyl (C=O) groups excluding carboxylic acids is 6. The summed E-state index contributed by atoms with van der Waals surface area (Å²) >= 11 is 0. The molecule has 0 saturated carbocycles. The van der Waals surface area contributed by atoms with Crippen molar-refractivity contribution in [1.82, 2.24) is 20.4 Å². The number of carboxylic acids is 1. The van der Waals surface area contributed by atoms with E-state index in [1.54, 1.807) is 30.4 Å². The zero-order valence-corrected chi connectivity index (χ0v) is 39.9. The number of rotatable bonds is 19. The van der Waals surface area contributed by atoms with Crippen LogP contribution in [-0.2, 0) is 35.2 Å². The number of allylic oxidation sites excluding steroid dienone is 2. The number of carbonyl (C=O) groups is 7. The molecule has 1 aliphatic heterocycles. The molecule has 2 aliphatic carbocycles. The highest BCUT2D eigenvalue weighted by molar-refractivity contribution is 5.99. The molecule has 2 aromatic rings. The van der Waals surface area contributed by atoms with Gasteiger partial charge in [-0.05, 0) is 78.7 Å². The number of ketones is 2. The normalized spacial score (nSPS) is 21.6. The number of unbranched alkanes of at least 4 members (excludes halogenated alkanes) is 5. The van der Waals surface area contributed by atoms with Crippen molar-refractivity contribution in [3.8, 4) is 11.1 Å². The second-order valence-electron chi connectivity index (χ2n) is 18.4. The Kier molecular flexibility index (Phi) is 19.2. The van der Waals surface area contributed by atoms with Crippen molar-refractivity contribution in [1.29, 1.82) is 0 Å².